The summed E-state index contributed by atoms with van der Waals surface area (Å²) >= 11 is 0. The number of nitrogens with zero attached hydrogens (tertiary/aromatic N) is 2. The molecule has 0 atom stereocenters. The smallest absolute Gasteiger partial charge is 0.273 e. The number of benzene rings is 3. The highest BCUT2D eigenvalue weighted by molar-refractivity contribution is 7.89. The maximum atomic E-state index is 13.1. The molecule has 3 aromatic carbocycles. The first kappa shape index (κ1) is 22.4. The van der Waals surface area contributed by atoms with Crippen molar-refractivity contribution in [3.05, 3.63) is 93.5 Å². The highest BCUT2D eigenvalue weighted by Gasteiger charge is 2.28. The summed E-state index contributed by atoms with van der Waals surface area (Å²) in [6.45, 7) is 0.697. The van der Waals surface area contributed by atoms with Gasteiger partial charge < -0.3 is 10.1 Å². The van der Waals surface area contributed by atoms with E-state index in [1.807, 2.05) is 24.3 Å². The van der Waals surface area contributed by atoms with E-state index in [0.717, 1.165) is 11.1 Å². The summed E-state index contributed by atoms with van der Waals surface area (Å²) < 4.78 is 32.7. The Labute approximate surface area is 190 Å². The first-order valence-corrected chi connectivity index (χ1v) is 11.5. The minimum Gasteiger partial charge on any atom is -0.494 e. The van der Waals surface area contributed by atoms with Gasteiger partial charge in [0.1, 0.15) is 5.75 Å². The van der Waals surface area contributed by atoms with Crippen LogP contribution in [0.25, 0.3) is 0 Å². The number of sulfonamides is 1. The number of nitrogens with one attached hydrogen (secondary N) is 1. The molecule has 33 heavy (non-hydrogen) atoms. The number of hydrogen-bond acceptors (Lipinski definition) is 6. The number of hydrogen-bond donors (Lipinski definition) is 1. The highest BCUT2D eigenvalue weighted by atomic mass is 32.2. The van der Waals surface area contributed by atoms with Crippen LogP contribution in [-0.4, -0.2) is 37.2 Å². The molecule has 0 bridgehead atoms. The Kier molecular flexibility index (Phi) is 6.12. The minimum atomic E-state index is -3.71. The Hall–Kier alpha value is -3.76. The molecular formula is C23H21N3O6S. The van der Waals surface area contributed by atoms with Gasteiger partial charge in [-0.25, -0.2) is 8.42 Å². The second-order valence-electron chi connectivity index (χ2n) is 7.48. The number of carbonyl (C=O) groups excluding carboxylic acids is 1. The lowest BCUT2D eigenvalue weighted by Gasteiger charge is -2.28. The van der Waals surface area contributed by atoms with Crippen molar-refractivity contribution >= 4 is 27.3 Å². The van der Waals surface area contributed by atoms with Crippen LogP contribution in [0, 0.1) is 10.1 Å². The number of fused-ring (bicyclic) bond motifs is 1. The molecule has 0 saturated carbocycles. The van der Waals surface area contributed by atoms with Gasteiger partial charge >= 0.3 is 0 Å². The Morgan fingerprint density at radius 1 is 1.06 bits per heavy atom. The SMILES string of the molecule is COc1cc([N+](=O)[O-])ccc1NC(=O)c1ccc(S(=O)(=O)N2CCc3ccccc3C2)cc1. The quantitative estimate of drug-likeness (QED) is 0.437. The second-order valence-corrected chi connectivity index (χ2v) is 9.42. The zero-order valence-electron chi connectivity index (χ0n) is 17.7. The molecule has 0 saturated heterocycles. The van der Waals surface area contributed by atoms with Crippen molar-refractivity contribution in [1.82, 2.24) is 4.31 Å². The Morgan fingerprint density at radius 3 is 2.42 bits per heavy atom. The molecule has 10 heteroatoms. The van der Waals surface area contributed by atoms with Crippen molar-refractivity contribution in [2.75, 3.05) is 19.0 Å². The number of nitro groups is 1. The van der Waals surface area contributed by atoms with Gasteiger partial charge in [-0.05, 0) is 47.9 Å². The van der Waals surface area contributed by atoms with E-state index in [9.17, 15) is 23.3 Å². The second kappa shape index (κ2) is 9.00. The summed E-state index contributed by atoms with van der Waals surface area (Å²) in [7, 11) is -2.37. The summed E-state index contributed by atoms with van der Waals surface area (Å²) in [6, 6.07) is 17.3. The van der Waals surface area contributed by atoms with Gasteiger partial charge in [0.15, 0.2) is 0 Å². The Bertz CT molecular complexity index is 1320. The van der Waals surface area contributed by atoms with Gasteiger partial charge in [0, 0.05) is 24.7 Å². The van der Waals surface area contributed by atoms with E-state index in [0.29, 0.717) is 19.5 Å². The van der Waals surface area contributed by atoms with Crippen molar-refractivity contribution < 1.29 is 22.9 Å². The van der Waals surface area contributed by atoms with E-state index in [-0.39, 0.29) is 27.6 Å². The monoisotopic (exact) mass is 467 g/mol. The highest BCUT2D eigenvalue weighted by Crippen LogP contribution is 2.30. The third-order valence-electron chi connectivity index (χ3n) is 5.49. The zero-order chi connectivity index (χ0) is 23.6. The fourth-order valence-corrected chi connectivity index (χ4v) is 5.11. The molecule has 9 nitrogen and oxygen atoms in total. The maximum Gasteiger partial charge on any atom is 0.273 e. The molecule has 1 aliphatic heterocycles. The molecule has 1 N–H and O–H groups in total. The average molecular weight is 468 g/mol. The van der Waals surface area contributed by atoms with Crippen LogP contribution in [0.3, 0.4) is 0 Å². The molecule has 4 rings (SSSR count). The van der Waals surface area contributed by atoms with Crippen LogP contribution in [0.2, 0.25) is 0 Å². The van der Waals surface area contributed by atoms with Crippen molar-refractivity contribution in [2.45, 2.75) is 17.9 Å². The third-order valence-corrected chi connectivity index (χ3v) is 7.35. The number of ether oxygens (including phenoxy) is 1. The van der Waals surface area contributed by atoms with E-state index in [2.05, 4.69) is 5.32 Å². The summed E-state index contributed by atoms with van der Waals surface area (Å²) in [6.07, 6.45) is 0.646. The van der Waals surface area contributed by atoms with Crippen molar-refractivity contribution in [3.8, 4) is 5.75 Å². The molecule has 1 amide bonds. The number of nitro benzene ring substituents is 1. The molecule has 0 aliphatic carbocycles. The fourth-order valence-electron chi connectivity index (χ4n) is 3.69. The number of rotatable bonds is 6. The number of amides is 1. The molecule has 1 aliphatic rings. The predicted molar refractivity (Wildman–Crippen MR) is 122 cm³/mol. The first-order chi connectivity index (χ1) is 15.8. The van der Waals surface area contributed by atoms with Gasteiger partial charge in [-0.1, -0.05) is 24.3 Å². The van der Waals surface area contributed by atoms with Crippen LogP contribution in [0.15, 0.2) is 71.6 Å². The van der Waals surface area contributed by atoms with E-state index in [1.54, 1.807) is 0 Å². The average Bonchev–Trinajstić information content (AvgIpc) is 2.83. The lowest BCUT2D eigenvalue weighted by molar-refractivity contribution is -0.384. The summed E-state index contributed by atoms with van der Waals surface area (Å²) in [4.78, 5) is 23.1. The van der Waals surface area contributed by atoms with Gasteiger partial charge in [0.25, 0.3) is 11.6 Å². The van der Waals surface area contributed by atoms with Crippen LogP contribution in [0.4, 0.5) is 11.4 Å². The molecule has 3 aromatic rings. The number of non-ortho nitro benzene ring substituents is 1. The molecule has 170 valence electrons. The fraction of sp³-hybridized carbons (Fsp3) is 0.174. The van der Waals surface area contributed by atoms with Gasteiger partial charge in [-0.2, -0.15) is 4.31 Å². The lowest BCUT2D eigenvalue weighted by Crippen LogP contribution is -2.35. The predicted octanol–water partition coefficient (Wildman–Crippen LogP) is 3.60. The Balaban J connectivity index is 1.50. The summed E-state index contributed by atoms with van der Waals surface area (Å²) in [5, 5.41) is 13.6. The molecule has 0 fully saturated rings. The minimum absolute atomic E-state index is 0.103. The van der Waals surface area contributed by atoms with Gasteiger partial charge in [0.05, 0.1) is 28.7 Å². The standard InChI is InChI=1S/C23H21N3O6S/c1-32-22-14-19(26(28)29)8-11-21(22)24-23(27)17-6-9-20(10-7-17)33(30,31)25-13-12-16-4-2-3-5-18(16)15-25/h2-11,14H,12-13,15H2,1H3,(H,24,27). The van der Waals surface area contributed by atoms with Crippen molar-refractivity contribution in [3.63, 3.8) is 0 Å². The number of anilines is 1. The maximum absolute atomic E-state index is 13.1. The van der Waals surface area contributed by atoms with Crippen molar-refractivity contribution in [1.29, 1.82) is 0 Å². The number of methoxy groups -OCH3 is 1. The molecule has 0 aromatic heterocycles. The Morgan fingerprint density at radius 2 is 1.76 bits per heavy atom. The molecule has 1 heterocycles. The normalized spacial score (nSPS) is 13.7. The van der Waals surface area contributed by atoms with Crippen LogP contribution in [0.1, 0.15) is 21.5 Å². The van der Waals surface area contributed by atoms with Gasteiger partial charge in [-0.15, -0.1) is 0 Å². The van der Waals surface area contributed by atoms with E-state index < -0.39 is 20.9 Å². The molecule has 0 unspecified atom stereocenters. The first-order valence-electron chi connectivity index (χ1n) is 10.1. The molecule has 0 radical (unpaired) electrons. The van der Waals surface area contributed by atoms with Crippen molar-refractivity contribution in [2.24, 2.45) is 0 Å². The third kappa shape index (κ3) is 4.57. The van der Waals surface area contributed by atoms with Gasteiger partial charge in [0.2, 0.25) is 10.0 Å². The zero-order valence-corrected chi connectivity index (χ0v) is 18.5. The van der Waals surface area contributed by atoms with Crippen LogP contribution in [-0.2, 0) is 23.0 Å². The van der Waals surface area contributed by atoms with E-state index >= 15 is 0 Å². The van der Waals surface area contributed by atoms with Gasteiger partial charge in [-0.3, -0.25) is 14.9 Å². The lowest BCUT2D eigenvalue weighted by atomic mass is 10.0. The van der Waals surface area contributed by atoms with E-state index in [4.69, 9.17) is 4.74 Å². The molecular weight excluding hydrogens is 446 g/mol. The topological polar surface area (TPSA) is 119 Å². The van der Waals surface area contributed by atoms with Crippen LogP contribution < -0.4 is 10.1 Å². The summed E-state index contributed by atoms with van der Waals surface area (Å²) in [5.74, 6) is -0.361. The van der Waals surface area contributed by atoms with Crippen LogP contribution in [0.5, 0.6) is 5.75 Å². The number of carbonyl (C=O) groups is 1. The molecule has 0 spiro atoms. The van der Waals surface area contributed by atoms with E-state index in [1.165, 1.54) is 53.9 Å². The van der Waals surface area contributed by atoms with Crippen LogP contribution >= 0.6 is 0 Å². The summed E-state index contributed by atoms with van der Waals surface area (Å²) in [5.41, 5.74) is 2.47. The largest absolute Gasteiger partial charge is 0.494 e.